The van der Waals surface area contributed by atoms with E-state index in [1.807, 2.05) is 19.1 Å². The fourth-order valence-electron chi connectivity index (χ4n) is 5.13. The highest BCUT2D eigenvalue weighted by Gasteiger charge is 2.33. The first-order valence-corrected chi connectivity index (χ1v) is 10.9. The summed E-state index contributed by atoms with van der Waals surface area (Å²) in [5.74, 6) is -0.0774. The summed E-state index contributed by atoms with van der Waals surface area (Å²) in [7, 11) is 0. The van der Waals surface area contributed by atoms with Crippen LogP contribution in [0.3, 0.4) is 0 Å². The van der Waals surface area contributed by atoms with Crippen molar-refractivity contribution in [3.63, 3.8) is 0 Å². The summed E-state index contributed by atoms with van der Waals surface area (Å²) in [5.41, 5.74) is 3.38. The second-order valence-corrected chi connectivity index (χ2v) is 8.92. The molecule has 2 bridgehead atoms. The highest BCUT2D eigenvalue weighted by molar-refractivity contribution is 6.13. The lowest BCUT2D eigenvalue weighted by molar-refractivity contribution is 0.102. The van der Waals surface area contributed by atoms with Crippen molar-refractivity contribution in [3.8, 4) is 0 Å². The van der Waals surface area contributed by atoms with Gasteiger partial charge in [-0.15, -0.1) is 0 Å². The maximum Gasteiger partial charge on any atom is 0.259 e. The molecule has 1 amide bonds. The van der Waals surface area contributed by atoms with E-state index in [-0.39, 0.29) is 11.6 Å². The number of amides is 1. The molecule has 2 N–H and O–H groups in total. The molecule has 164 valence electrons. The number of hydrogen-bond acceptors (Lipinski definition) is 5. The number of rotatable bonds is 3. The van der Waals surface area contributed by atoms with E-state index in [2.05, 4.69) is 20.5 Å². The zero-order chi connectivity index (χ0) is 22.0. The molecule has 2 aliphatic rings. The Morgan fingerprint density at radius 2 is 1.97 bits per heavy atom. The van der Waals surface area contributed by atoms with Crippen molar-refractivity contribution < 1.29 is 13.6 Å². The van der Waals surface area contributed by atoms with Crippen LogP contribution in [0.2, 0.25) is 0 Å². The minimum absolute atomic E-state index is 0.235. The molecular formula is C24H24FN5O2. The number of fused-ring (bicyclic) bond motifs is 4. The van der Waals surface area contributed by atoms with Crippen molar-refractivity contribution in [2.45, 2.75) is 38.8 Å². The van der Waals surface area contributed by atoms with Gasteiger partial charge >= 0.3 is 0 Å². The Hall–Kier alpha value is -3.39. The van der Waals surface area contributed by atoms with Crippen LogP contribution in [0.1, 0.15) is 34.7 Å². The third kappa shape index (κ3) is 3.14. The number of imidazole rings is 1. The lowest BCUT2D eigenvalue weighted by Gasteiger charge is -2.35. The number of piperazine rings is 1. The van der Waals surface area contributed by atoms with Crippen molar-refractivity contribution in [1.82, 2.24) is 14.7 Å². The van der Waals surface area contributed by atoms with E-state index in [1.165, 1.54) is 18.9 Å². The number of anilines is 2. The van der Waals surface area contributed by atoms with Gasteiger partial charge in [0.05, 0.1) is 16.9 Å². The minimum Gasteiger partial charge on any atom is -0.460 e. The molecule has 4 aromatic rings. The van der Waals surface area contributed by atoms with E-state index in [0.717, 1.165) is 29.9 Å². The van der Waals surface area contributed by atoms with Gasteiger partial charge in [0.2, 0.25) is 0 Å². The smallest absolute Gasteiger partial charge is 0.259 e. The molecule has 1 aromatic carbocycles. The van der Waals surface area contributed by atoms with Crippen molar-refractivity contribution >= 4 is 33.9 Å². The van der Waals surface area contributed by atoms with Gasteiger partial charge in [-0.2, -0.15) is 0 Å². The highest BCUT2D eigenvalue weighted by Crippen LogP contribution is 2.35. The number of carbonyl (C=O) groups excluding carboxylic acids is 1. The second kappa shape index (κ2) is 7.06. The maximum absolute atomic E-state index is 14.4. The molecule has 2 saturated heterocycles. The summed E-state index contributed by atoms with van der Waals surface area (Å²) in [6, 6.07) is 8.10. The topological polar surface area (TPSA) is 74.8 Å². The Bertz CT molecular complexity index is 1360. The molecule has 8 heteroatoms. The first-order valence-electron chi connectivity index (χ1n) is 10.9. The van der Waals surface area contributed by atoms with Crippen LogP contribution in [0.15, 0.2) is 41.1 Å². The van der Waals surface area contributed by atoms with Crippen LogP contribution in [0.25, 0.3) is 16.6 Å². The standard InChI is InChI=1S/C24H24FN5O2/c1-13-9-30-12-17(8-20(25)23(30)26-13)28-24(31)18-5-6-21(19-7-14(2)32-22(18)19)29-10-15-3-4-16(11-29)27-15/h5-9,12,15-16,27H,3-4,10-11H2,1-2H3,(H,28,31)/t15-,16+. The average Bonchev–Trinajstić information content (AvgIpc) is 3.42. The van der Waals surface area contributed by atoms with Crippen LogP contribution in [0.5, 0.6) is 0 Å². The van der Waals surface area contributed by atoms with Gasteiger partial charge in [-0.25, -0.2) is 9.37 Å². The minimum atomic E-state index is -0.487. The summed E-state index contributed by atoms with van der Waals surface area (Å²) in [6.45, 7) is 5.58. The van der Waals surface area contributed by atoms with Gasteiger partial charge in [0.1, 0.15) is 11.3 Å². The largest absolute Gasteiger partial charge is 0.460 e. The van der Waals surface area contributed by atoms with Gasteiger partial charge in [0.15, 0.2) is 11.5 Å². The van der Waals surface area contributed by atoms with E-state index in [4.69, 9.17) is 4.42 Å². The monoisotopic (exact) mass is 433 g/mol. The average molecular weight is 433 g/mol. The molecule has 2 fully saturated rings. The quantitative estimate of drug-likeness (QED) is 0.510. The lowest BCUT2D eigenvalue weighted by atomic mass is 10.1. The normalized spacial score (nSPS) is 20.4. The summed E-state index contributed by atoms with van der Waals surface area (Å²) in [5, 5.41) is 7.40. The molecule has 0 radical (unpaired) electrons. The Morgan fingerprint density at radius 1 is 1.19 bits per heavy atom. The summed E-state index contributed by atoms with van der Waals surface area (Å²) in [4.78, 5) is 19.7. The predicted molar refractivity (Wildman–Crippen MR) is 121 cm³/mol. The molecule has 0 unspecified atom stereocenters. The Morgan fingerprint density at radius 3 is 2.75 bits per heavy atom. The van der Waals surface area contributed by atoms with E-state index < -0.39 is 5.82 Å². The molecule has 5 heterocycles. The molecule has 2 atom stereocenters. The number of nitrogens with one attached hydrogen (secondary N) is 2. The molecule has 0 saturated carbocycles. The van der Waals surface area contributed by atoms with Gasteiger partial charge in [0.25, 0.3) is 5.91 Å². The third-order valence-electron chi connectivity index (χ3n) is 6.47. The molecule has 0 spiro atoms. The van der Waals surface area contributed by atoms with E-state index in [0.29, 0.717) is 34.6 Å². The second-order valence-electron chi connectivity index (χ2n) is 8.92. The van der Waals surface area contributed by atoms with E-state index in [9.17, 15) is 9.18 Å². The number of pyridine rings is 1. The number of benzene rings is 1. The number of hydrogen-bond donors (Lipinski definition) is 2. The van der Waals surface area contributed by atoms with Crippen molar-refractivity contribution in [2.75, 3.05) is 23.3 Å². The zero-order valence-corrected chi connectivity index (χ0v) is 18.0. The molecule has 32 heavy (non-hydrogen) atoms. The summed E-state index contributed by atoms with van der Waals surface area (Å²) < 4.78 is 22.0. The van der Waals surface area contributed by atoms with Crippen LogP contribution in [-0.2, 0) is 0 Å². The van der Waals surface area contributed by atoms with Gasteiger partial charge in [-0.05, 0) is 44.9 Å². The highest BCUT2D eigenvalue weighted by atomic mass is 19.1. The van der Waals surface area contributed by atoms with Gasteiger partial charge < -0.3 is 24.4 Å². The number of furan rings is 1. The molecule has 6 rings (SSSR count). The number of aryl methyl sites for hydroxylation is 2. The first kappa shape index (κ1) is 19.3. The fourth-order valence-corrected chi connectivity index (χ4v) is 5.13. The van der Waals surface area contributed by atoms with Crippen LogP contribution in [0, 0.1) is 19.7 Å². The third-order valence-corrected chi connectivity index (χ3v) is 6.47. The maximum atomic E-state index is 14.4. The van der Waals surface area contributed by atoms with Gasteiger partial charge in [0, 0.05) is 54.7 Å². The Kier molecular flexibility index (Phi) is 4.26. The fraction of sp³-hybridized carbons (Fsp3) is 0.333. The van der Waals surface area contributed by atoms with Gasteiger partial charge in [-0.3, -0.25) is 4.79 Å². The zero-order valence-electron chi connectivity index (χ0n) is 18.0. The molecule has 7 nitrogen and oxygen atoms in total. The Labute approximate surface area is 184 Å². The SMILES string of the molecule is Cc1cn2cc(NC(=O)c3ccc(N4C[C@H]5CC[C@@H](C4)N5)c4cc(C)oc34)cc(F)c2n1. The molecule has 0 aliphatic carbocycles. The van der Waals surface area contributed by atoms with Crippen LogP contribution in [0.4, 0.5) is 15.8 Å². The summed E-state index contributed by atoms with van der Waals surface area (Å²) >= 11 is 0. The van der Waals surface area contributed by atoms with Crippen molar-refractivity contribution in [3.05, 3.63) is 59.5 Å². The Balaban J connectivity index is 1.35. The lowest BCUT2D eigenvalue weighted by Crippen LogP contribution is -2.51. The first-order chi connectivity index (χ1) is 15.4. The van der Waals surface area contributed by atoms with Crippen molar-refractivity contribution in [2.24, 2.45) is 0 Å². The van der Waals surface area contributed by atoms with E-state index in [1.54, 1.807) is 29.8 Å². The van der Waals surface area contributed by atoms with Crippen molar-refractivity contribution in [1.29, 1.82) is 0 Å². The molecule has 2 aliphatic heterocycles. The molecule has 3 aromatic heterocycles. The number of nitrogens with zero attached hydrogens (tertiary/aromatic N) is 3. The number of aromatic nitrogens is 2. The van der Waals surface area contributed by atoms with Crippen LogP contribution < -0.4 is 15.5 Å². The summed E-state index contributed by atoms with van der Waals surface area (Å²) in [6.07, 6.45) is 5.78. The predicted octanol–water partition coefficient (Wildman–Crippen LogP) is 4.03. The van der Waals surface area contributed by atoms with E-state index >= 15 is 0 Å². The van der Waals surface area contributed by atoms with Gasteiger partial charge in [-0.1, -0.05) is 0 Å². The van der Waals surface area contributed by atoms with Crippen LogP contribution in [-0.4, -0.2) is 40.5 Å². The van der Waals surface area contributed by atoms with Crippen LogP contribution >= 0.6 is 0 Å². The number of halogens is 1. The molecular weight excluding hydrogens is 409 g/mol. The number of carbonyl (C=O) groups is 1.